The quantitative estimate of drug-likeness (QED) is 0.135. The largest absolute Gasteiger partial charge is 0.256 e. The summed E-state index contributed by atoms with van der Waals surface area (Å²) in [4.78, 5) is 49.0. The minimum Gasteiger partial charge on any atom is -0.256 e. The molecule has 270 valence electrons. The molecule has 0 spiro atoms. The van der Waals surface area contributed by atoms with Gasteiger partial charge in [0.1, 0.15) is 23.3 Å². The third-order valence-corrected chi connectivity index (χ3v) is 8.86. The highest BCUT2D eigenvalue weighted by molar-refractivity contribution is 5.77. The maximum Gasteiger partial charge on any atom is 0.163 e. The second-order valence-electron chi connectivity index (χ2n) is 14.6. The van der Waals surface area contributed by atoms with E-state index in [1.54, 1.807) is 6.20 Å². The normalized spacial score (nSPS) is 11.6. The smallest absolute Gasteiger partial charge is 0.163 e. The number of hydrogen-bond donors (Lipinski definition) is 0. The van der Waals surface area contributed by atoms with E-state index in [9.17, 15) is 0 Å². The molecule has 0 fully saturated rings. The summed E-state index contributed by atoms with van der Waals surface area (Å²) < 4.78 is 0. The molecule has 10 nitrogen and oxygen atoms in total. The molecule has 0 bridgehead atoms. The molecular formula is C44H44N10. The molecule has 4 aromatic heterocycles. The SMILES string of the molecule is CC(C)c1nc(-c2ccccc2)nc(-c2cc(-c3ccccn3)cc(-c3nc(-c4cccc(-c5nc(C(C)C)nc(C(C)C)n5)c4)nc(C(C)C)n3)c2)n1. The van der Waals surface area contributed by atoms with E-state index in [4.69, 9.17) is 49.8 Å². The van der Waals surface area contributed by atoms with Crippen molar-refractivity contribution in [2.75, 3.05) is 0 Å². The van der Waals surface area contributed by atoms with Gasteiger partial charge in [0.05, 0.1) is 5.69 Å². The number of nitrogens with zero attached hydrogens (tertiary/aromatic N) is 10. The maximum atomic E-state index is 5.11. The molecule has 0 saturated carbocycles. The third kappa shape index (κ3) is 7.93. The Hall–Kier alpha value is -6.16. The van der Waals surface area contributed by atoms with Gasteiger partial charge in [0.25, 0.3) is 0 Å². The monoisotopic (exact) mass is 712 g/mol. The number of hydrogen-bond acceptors (Lipinski definition) is 10. The van der Waals surface area contributed by atoms with Crippen molar-refractivity contribution >= 4 is 0 Å². The highest BCUT2D eigenvalue weighted by atomic mass is 15.1. The predicted octanol–water partition coefficient (Wildman–Crippen LogP) is 10.1. The molecular weight excluding hydrogens is 669 g/mol. The number of benzene rings is 3. The van der Waals surface area contributed by atoms with Crippen LogP contribution < -0.4 is 0 Å². The van der Waals surface area contributed by atoms with Crippen molar-refractivity contribution in [2.24, 2.45) is 0 Å². The van der Waals surface area contributed by atoms with Crippen LogP contribution in [0.1, 0.15) is 102 Å². The van der Waals surface area contributed by atoms with Crippen LogP contribution in [0.3, 0.4) is 0 Å². The third-order valence-electron chi connectivity index (χ3n) is 8.86. The Morgan fingerprint density at radius 3 is 1.15 bits per heavy atom. The van der Waals surface area contributed by atoms with Gasteiger partial charge in [-0.3, -0.25) is 4.98 Å². The molecule has 7 rings (SSSR count). The van der Waals surface area contributed by atoms with Gasteiger partial charge in [-0.25, -0.2) is 44.9 Å². The maximum absolute atomic E-state index is 5.11. The molecule has 0 amide bonds. The van der Waals surface area contributed by atoms with Crippen molar-refractivity contribution in [3.05, 3.63) is 120 Å². The summed E-state index contributed by atoms with van der Waals surface area (Å²) >= 11 is 0. The molecule has 0 saturated heterocycles. The van der Waals surface area contributed by atoms with Crippen molar-refractivity contribution in [1.29, 1.82) is 0 Å². The average Bonchev–Trinajstić information content (AvgIpc) is 3.20. The van der Waals surface area contributed by atoms with Crippen molar-refractivity contribution in [3.8, 4) is 68.2 Å². The van der Waals surface area contributed by atoms with Crippen LogP contribution in [0.15, 0.2) is 97.2 Å². The highest BCUT2D eigenvalue weighted by Gasteiger charge is 2.20. The molecule has 0 aliphatic carbocycles. The molecule has 7 aromatic rings. The van der Waals surface area contributed by atoms with Crippen LogP contribution >= 0.6 is 0 Å². The van der Waals surface area contributed by atoms with Crippen molar-refractivity contribution in [1.82, 2.24) is 49.8 Å². The van der Waals surface area contributed by atoms with Gasteiger partial charge in [-0.2, -0.15) is 0 Å². The minimum atomic E-state index is 0.0448. The molecule has 0 aliphatic rings. The fourth-order valence-electron chi connectivity index (χ4n) is 5.82. The molecule has 3 aromatic carbocycles. The zero-order valence-corrected chi connectivity index (χ0v) is 32.0. The van der Waals surface area contributed by atoms with Gasteiger partial charge in [-0.05, 0) is 36.4 Å². The molecule has 0 aliphatic heterocycles. The van der Waals surface area contributed by atoms with E-state index in [-0.39, 0.29) is 23.7 Å². The molecule has 0 unspecified atom stereocenters. The first kappa shape index (κ1) is 36.2. The number of pyridine rings is 1. The summed E-state index contributed by atoms with van der Waals surface area (Å²) in [5.41, 5.74) is 5.94. The van der Waals surface area contributed by atoms with E-state index in [1.807, 2.05) is 78.9 Å². The summed E-state index contributed by atoms with van der Waals surface area (Å²) in [5, 5.41) is 0. The first-order chi connectivity index (χ1) is 26.0. The summed E-state index contributed by atoms with van der Waals surface area (Å²) in [7, 11) is 0. The number of aromatic nitrogens is 10. The standard InChI is InChI=1S/C44H44N10/c1-25(2)36-46-37(26(3)4)49-41(48-36)30-17-14-18-31(21-30)42-50-39(28(7)8)52-44(54-42)34-23-32(35-19-12-13-20-45-35)22-33(24-34)43-51-38(27(5)6)47-40(53-43)29-15-10-9-11-16-29/h9-28H,1-8H3. The van der Waals surface area contributed by atoms with E-state index in [0.717, 1.165) is 50.7 Å². The summed E-state index contributed by atoms with van der Waals surface area (Å²) in [6.45, 7) is 16.7. The molecule has 0 radical (unpaired) electrons. The molecule has 10 heteroatoms. The zero-order valence-electron chi connectivity index (χ0n) is 32.0. The summed E-state index contributed by atoms with van der Waals surface area (Å²) in [5.74, 6) is 6.34. The Morgan fingerprint density at radius 2 is 0.685 bits per heavy atom. The second kappa shape index (κ2) is 15.4. The van der Waals surface area contributed by atoms with E-state index in [1.165, 1.54) is 0 Å². The Bertz CT molecular complexity index is 2380. The van der Waals surface area contributed by atoms with E-state index < -0.39 is 0 Å². The Kier molecular flexibility index (Phi) is 10.4. The first-order valence-corrected chi connectivity index (χ1v) is 18.5. The minimum absolute atomic E-state index is 0.0448. The van der Waals surface area contributed by atoms with Crippen LogP contribution in [0.2, 0.25) is 0 Å². The summed E-state index contributed by atoms with van der Waals surface area (Å²) in [6.07, 6.45) is 1.79. The van der Waals surface area contributed by atoms with Crippen LogP contribution in [-0.2, 0) is 0 Å². The highest BCUT2D eigenvalue weighted by Crippen LogP contribution is 2.33. The molecule has 54 heavy (non-hydrogen) atoms. The van der Waals surface area contributed by atoms with Crippen molar-refractivity contribution in [3.63, 3.8) is 0 Å². The zero-order chi connectivity index (χ0) is 37.9. The average molecular weight is 713 g/mol. The van der Waals surface area contributed by atoms with Crippen LogP contribution in [0.25, 0.3) is 68.2 Å². The van der Waals surface area contributed by atoms with E-state index in [0.29, 0.717) is 40.8 Å². The molecule has 4 heterocycles. The Labute approximate surface area is 316 Å². The number of rotatable bonds is 10. The fourth-order valence-corrected chi connectivity index (χ4v) is 5.82. The van der Waals surface area contributed by atoms with Crippen LogP contribution in [-0.4, -0.2) is 49.8 Å². The van der Waals surface area contributed by atoms with Crippen LogP contribution in [0, 0.1) is 0 Å². The van der Waals surface area contributed by atoms with Gasteiger partial charge in [0.2, 0.25) is 0 Å². The Morgan fingerprint density at radius 1 is 0.315 bits per heavy atom. The van der Waals surface area contributed by atoms with Gasteiger partial charge in [0, 0.05) is 63.2 Å². The van der Waals surface area contributed by atoms with Crippen LogP contribution in [0.5, 0.6) is 0 Å². The van der Waals surface area contributed by atoms with E-state index in [2.05, 4.69) is 67.5 Å². The van der Waals surface area contributed by atoms with Gasteiger partial charge in [-0.1, -0.05) is 110 Å². The predicted molar refractivity (Wildman–Crippen MR) is 213 cm³/mol. The van der Waals surface area contributed by atoms with Gasteiger partial charge >= 0.3 is 0 Å². The molecule has 0 N–H and O–H groups in total. The lowest BCUT2D eigenvalue weighted by atomic mass is 10.0. The lowest BCUT2D eigenvalue weighted by molar-refractivity contribution is 0.697. The van der Waals surface area contributed by atoms with Gasteiger partial charge in [0.15, 0.2) is 29.1 Å². The van der Waals surface area contributed by atoms with Crippen molar-refractivity contribution in [2.45, 2.75) is 79.1 Å². The molecule has 0 atom stereocenters. The lowest BCUT2D eigenvalue weighted by Crippen LogP contribution is -2.08. The Balaban J connectivity index is 1.40. The second-order valence-corrected chi connectivity index (χ2v) is 14.6. The van der Waals surface area contributed by atoms with Crippen LogP contribution in [0.4, 0.5) is 0 Å². The first-order valence-electron chi connectivity index (χ1n) is 18.5. The van der Waals surface area contributed by atoms with Crippen molar-refractivity contribution < 1.29 is 0 Å². The van der Waals surface area contributed by atoms with Gasteiger partial charge < -0.3 is 0 Å². The lowest BCUT2D eigenvalue weighted by Gasteiger charge is -2.14. The topological polar surface area (TPSA) is 129 Å². The fraction of sp³-hybridized carbons (Fsp3) is 0.273. The van der Waals surface area contributed by atoms with Gasteiger partial charge in [-0.15, -0.1) is 0 Å². The van der Waals surface area contributed by atoms with E-state index >= 15 is 0 Å². The summed E-state index contributed by atoms with van der Waals surface area (Å²) in [6, 6.07) is 30.1.